The van der Waals surface area contributed by atoms with Crippen molar-refractivity contribution in [3.63, 3.8) is 0 Å². The number of nitrogens with one attached hydrogen (secondary N) is 2. The molecule has 9 heteroatoms. The number of aromatic amines is 1. The normalized spacial score (nSPS) is 24.9. The molecule has 206 valence electrons. The van der Waals surface area contributed by atoms with Crippen molar-refractivity contribution < 1.29 is 14.0 Å². The highest BCUT2D eigenvalue weighted by molar-refractivity contribution is 7.98. The molecule has 2 amide bonds. The molecule has 3 aliphatic rings. The number of pyridine rings is 1. The van der Waals surface area contributed by atoms with E-state index in [2.05, 4.69) is 21.8 Å². The van der Waals surface area contributed by atoms with E-state index in [0.29, 0.717) is 43.0 Å². The second-order valence-electron chi connectivity index (χ2n) is 11.6. The highest BCUT2D eigenvalue weighted by atomic mass is 32.2. The Labute approximate surface area is 231 Å². The molecule has 0 radical (unpaired) electrons. The Hall–Kier alpha value is -3.07. The number of hydrogen-bond donors (Lipinski definition) is 2. The van der Waals surface area contributed by atoms with Crippen molar-refractivity contribution >= 4 is 34.5 Å². The Bertz CT molecular complexity index is 1550. The number of nitrogens with zero attached hydrogens (tertiary/aromatic N) is 2. The monoisotopic (exact) mass is 550 g/mol. The van der Waals surface area contributed by atoms with Gasteiger partial charge in [-0.2, -0.15) is 0 Å². The van der Waals surface area contributed by atoms with Gasteiger partial charge in [-0.05, 0) is 57.9 Å². The van der Waals surface area contributed by atoms with Gasteiger partial charge in [-0.25, -0.2) is 4.39 Å². The summed E-state index contributed by atoms with van der Waals surface area (Å²) in [6.45, 7) is 7.47. The molecule has 0 unspecified atom stereocenters. The molecule has 1 saturated heterocycles. The number of amides is 2. The van der Waals surface area contributed by atoms with Gasteiger partial charge in [0.1, 0.15) is 5.67 Å². The number of carbonyl (C=O) groups excluding carboxylic acids is 2. The van der Waals surface area contributed by atoms with Crippen LogP contribution < -0.4 is 10.9 Å². The minimum atomic E-state index is -1.20. The van der Waals surface area contributed by atoms with Crippen LogP contribution >= 0.6 is 11.8 Å². The predicted octanol–water partition coefficient (Wildman–Crippen LogP) is 4.90. The number of rotatable bonds is 7. The highest BCUT2D eigenvalue weighted by Crippen LogP contribution is 2.81. The fourth-order valence-electron chi connectivity index (χ4n) is 6.75. The standard InChI is InChI=1S/C30H35FN4O3S/c1-17-13-24(39-4)22(26(36)33-17)14-32-27(37)25-19(3)35(23-8-6-5-7-21(23)25)18(2)20-9-11-34(12-10-20)28(38)29-15-30(29,31)16-29/h5-8,13,18,20H,9-12,14-16H2,1-4H3,(H,32,37)(H,33,36)/t18-,29?,30?/m0/s1. The second kappa shape index (κ2) is 9.25. The molecule has 2 N–H and O–H groups in total. The van der Waals surface area contributed by atoms with E-state index in [1.165, 1.54) is 11.8 Å². The molecule has 3 aromatic rings. The molecule has 39 heavy (non-hydrogen) atoms. The summed E-state index contributed by atoms with van der Waals surface area (Å²) in [5, 5.41) is 3.88. The average molecular weight is 551 g/mol. The number of hydrogen-bond acceptors (Lipinski definition) is 4. The lowest BCUT2D eigenvalue weighted by Gasteiger charge is -2.36. The molecule has 1 aliphatic heterocycles. The summed E-state index contributed by atoms with van der Waals surface area (Å²) in [7, 11) is 0. The summed E-state index contributed by atoms with van der Waals surface area (Å²) < 4.78 is 16.4. The maximum absolute atomic E-state index is 14.1. The summed E-state index contributed by atoms with van der Waals surface area (Å²) in [5.41, 5.74) is 1.80. The summed E-state index contributed by atoms with van der Waals surface area (Å²) in [5.74, 6) is 0.139. The summed E-state index contributed by atoms with van der Waals surface area (Å²) >= 11 is 1.49. The molecule has 1 atom stereocenters. The molecule has 1 aromatic carbocycles. The number of halogens is 1. The molecule has 0 spiro atoms. The smallest absolute Gasteiger partial charge is 0.254 e. The van der Waals surface area contributed by atoms with Crippen molar-refractivity contribution in [3.8, 4) is 0 Å². The Balaban J connectivity index is 1.21. The van der Waals surface area contributed by atoms with Crippen LogP contribution in [0, 0.1) is 25.2 Å². The van der Waals surface area contributed by atoms with Gasteiger partial charge in [0.25, 0.3) is 11.5 Å². The van der Waals surface area contributed by atoms with Gasteiger partial charge in [0.15, 0.2) is 0 Å². The van der Waals surface area contributed by atoms with Gasteiger partial charge in [-0.1, -0.05) is 18.2 Å². The quantitative estimate of drug-likeness (QED) is 0.410. The third-order valence-corrected chi connectivity index (χ3v) is 10.2. The number of H-pyrrole nitrogens is 1. The first-order valence-electron chi connectivity index (χ1n) is 13.7. The van der Waals surface area contributed by atoms with E-state index < -0.39 is 11.1 Å². The van der Waals surface area contributed by atoms with Crippen LogP contribution in [0.2, 0.25) is 0 Å². The zero-order chi connectivity index (χ0) is 27.7. The van der Waals surface area contributed by atoms with Gasteiger partial charge in [0, 0.05) is 71.3 Å². The first kappa shape index (κ1) is 26.2. The van der Waals surface area contributed by atoms with E-state index in [4.69, 9.17) is 0 Å². The molecular weight excluding hydrogens is 515 g/mol. The molecule has 2 aliphatic carbocycles. The molecule has 0 bridgehead atoms. The minimum absolute atomic E-state index is 0.00898. The third kappa shape index (κ3) is 4.12. The number of fused-ring (bicyclic) bond motifs is 2. The van der Waals surface area contributed by atoms with Crippen molar-refractivity contribution in [2.45, 2.75) is 69.6 Å². The highest BCUT2D eigenvalue weighted by Gasteiger charge is 2.90. The lowest BCUT2D eigenvalue weighted by atomic mass is 9.89. The van der Waals surface area contributed by atoms with Crippen LogP contribution in [0.15, 0.2) is 40.0 Å². The van der Waals surface area contributed by atoms with Gasteiger partial charge in [0.2, 0.25) is 5.91 Å². The number of aromatic nitrogens is 2. The molecule has 2 aromatic heterocycles. The minimum Gasteiger partial charge on any atom is -0.348 e. The van der Waals surface area contributed by atoms with Crippen LogP contribution in [-0.4, -0.2) is 51.3 Å². The second-order valence-corrected chi connectivity index (χ2v) is 12.5. The van der Waals surface area contributed by atoms with Crippen molar-refractivity contribution in [1.29, 1.82) is 0 Å². The van der Waals surface area contributed by atoms with E-state index >= 15 is 0 Å². The number of para-hydroxylation sites is 1. The van der Waals surface area contributed by atoms with E-state index in [0.717, 1.165) is 40.0 Å². The SMILES string of the molecule is CSc1cc(C)[nH]c(=O)c1CNC(=O)c1c(C)n([C@@H](C)C2CCN(C(=O)C34CC3(F)C4)CC2)c2ccccc12. The van der Waals surface area contributed by atoms with Gasteiger partial charge in [-0.3, -0.25) is 14.4 Å². The third-order valence-electron chi connectivity index (χ3n) is 9.36. The Morgan fingerprint density at radius 1 is 1.21 bits per heavy atom. The van der Waals surface area contributed by atoms with Crippen molar-refractivity contribution in [2.75, 3.05) is 19.3 Å². The van der Waals surface area contributed by atoms with Gasteiger partial charge in [-0.15, -0.1) is 11.8 Å². The predicted molar refractivity (Wildman–Crippen MR) is 151 cm³/mol. The fourth-order valence-corrected chi connectivity index (χ4v) is 7.46. The van der Waals surface area contributed by atoms with Crippen LogP contribution in [-0.2, 0) is 11.3 Å². The number of aryl methyl sites for hydroxylation is 1. The molecule has 6 rings (SSSR count). The van der Waals surface area contributed by atoms with E-state index in [-0.39, 0.29) is 30.0 Å². The average Bonchev–Trinajstić information content (AvgIpc) is 3.67. The number of alkyl halides is 1. The lowest BCUT2D eigenvalue weighted by Crippen LogP contribution is -2.42. The van der Waals surface area contributed by atoms with Gasteiger partial charge in [0.05, 0.1) is 11.0 Å². The van der Waals surface area contributed by atoms with Crippen LogP contribution in [0.5, 0.6) is 0 Å². The van der Waals surface area contributed by atoms with E-state index in [9.17, 15) is 18.8 Å². The van der Waals surface area contributed by atoms with E-state index in [1.54, 1.807) is 0 Å². The largest absolute Gasteiger partial charge is 0.348 e. The zero-order valence-corrected chi connectivity index (χ0v) is 23.7. The van der Waals surface area contributed by atoms with Crippen LogP contribution in [0.1, 0.15) is 66.0 Å². The lowest BCUT2D eigenvalue weighted by molar-refractivity contribution is -0.136. The zero-order valence-electron chi connectivity index (χ0n) is 22.9. The molecule has 3 fully saturated rings. The maximum Gasteiger partial charge on any atom is 0.254 e. The van der Waals surface area contributed by atoms with Crippen LogP contribution in [0.4, 0.5) is 4.39 Å². The van der Waals surface area contributed by atoms with Crippen LogP contribution in [0.25, 0.3) is 10.9 Å². The summed E-state index contributed by atoms with van der Waals surface area (Å²) in [4.78, 5) is 44.6. The topological polar surface area (TPSA) is 87.2 Å². The fraction of sp³-hybridized carbons (Fsp3) is 0.500. The molecule has 3 heterocycles. The number of piperidine rings is 1. The number of likely N-dealkylation sites (tertiary alicyclic amines) is 1. The first-order chi connectivity index (χ1) is 18.6. The number of thioether (sulfide) groups is 1. The Morgan fingerprint density at radius 3 is 2.51 bits per heavy atom. The number of carbonyl (C=O) groups is 2. The maximum atomic E-state index is 14.1. The van der Waals surface area contributed by atoms with Crippen LogP contribution in [0.3, 0.4) is 0 Å². The van der Waals surface area contributed by atoms with Crippen molar-refractivity contribution in [2.24, 2.45) is 11.3 Å². The van der Waals surface area contributed by atoms with Crippen molar-refractivity contribution in [3.05, 3.63) is 63.2 Å². The number of benzene rings is 1. The summed E-state index contributed by atoms with van der Waals surface area (Å²) in [6.07, 6.45) is 4.44. The Kier molecular flexibility index (Phi) is 6.21. The first-order valence-corrected chi connectivity index (χ1v) is 15.0. The molecule has 2 saturated carbocycles. The van der Waals surface area contributed by atoms with E-state index in [1.807, 2.05) is 55.3 Å². The molecular formula is C30H35FN4O3S. The molecule has 7 nitrogen and oxygen atoms in total. The van der Waals surface area contributed by atoms with Crippen molar-refractivity contribution in [1.82, 2.24) is 19.8 Å². The van der Waals surface area contributed by atoms with Gasteiger partial charge < -0.3 is 19.8 Å². The van der Waals surface area contributed by atoms with Gasteiger partial charge >= 0.3 is 0 Å². The Morgan fingerprint density at radius 2 is 1.87 bits per heavy atom. The summed E-state index contributed by atoms with van der Waals surface area (Å²) in [6, 6.07) is 9.99.